The van der Waals surface area contributed by atoms with Gasteiger partial charge >= 0.3 is 0 Å². The molecule has 0 aromatic rings. The summed E-state index contributed by atoms with van der Waals surface area (Å²) in [5.41, 5.74) is 0.306. The van der Waals surface area contributed by atoms with Gasteiger partial charge in [0.2, 0.25) is 0 Å². The van der Waals surface area contributed by atoms with E-state index in [1.165, 1.54) is 0 Å². The average Bonchev–Trinajstić information content (AvgIpc) is 1.84. The lowest BCUT2D eigenvalue weighted by molar-refractivity contribution is -0.314. The van der Waals surface area contributed by atoms with Gasteiger partial charge in [-0.05, 0) is 11.8 Å². The Kier molecular flexibility index (Phi) is 7.13. The van der Waals surface area contributed by atoms with Crippen LogP contribution in [0.2, 0.25) is 0 Å². The van der Waals surface area contributed by atoms with Gasteiger partial charge in [-0.25, -0.2) is 0 Å². The summed E-state index contributed by atoms with van der Waals surface area (Å²) in [5.74, 6) is -2.45. The van der Waals surface area contributed by atoms with Crippen molar-refractivity contribution < 1.29 is 15.3 Å². The summed E-state index contributed by atoms with van der Waals surface area (Å²) in [7, 11) is 0. The number of aliphatic hydroxyl groups is 3. The zero-order chi connectivity index (χ0) is 11.1. The summed E-state index contributed by atoms with van der Waals surface area (Å²) in [5, 5.41) is 24.4. The molecular weight excluding hydrogens is 168 g/mol. The van der Waals surface area contributed by atoms with E-state index in [-0.39, 0.29) is 6.42 Å². The topological polar surface area (TPSA) is 60.7 Å². The summed E-state index contributed by atoms with van der Waals surface area (Å²) in [6.45, 7) is 11.8. The van der Waals surface area contributed by atoms with Crippen LogP contribution in [0.5, 0.6) is 0 Å². The number of allylic oxidation sites excluding steroid dienone is 1. The van der Waals surface area contributed by atoms with Gasteiger partial charge in [0.05, 0.1) is 0 Å². The monoisotopic (exact) mass is 190 g/mol. The first-order valence-corrected chi connectivity index (χ1v) is 4.43. The maximum absolute atomic E-state index is 8.13. The predicted molar refractivity (Wildman–Crippen MR) is 53.9 cm³/mol. The minimum absolute atomic E-state index is 0.00694. The van der Waals surface area contributed by atoms with E-state index in [0.29, 0.717) is 11.8 Å². The van der Waals surface area contributed by atoms with Gasteiger partial charge < -0.3 is 15.3 Å². The van der Waals surface area contributed by atoms with Gasteiger partial charge in [0, 0.05) is 6.42 Å². The molecule has 0 saturated carbocycles. The minimum Gasteiger partial charge on any atom is -0.344 e. The lowest BCUT2D eigenvalue weighted by Crippen LogP contribution is -2.26. The molecule has 0 atom stereocenters. The van der Waals surface area contributed by atoms with Crippen LogP contribution >= 0.6 is 0 Å². The van der Waals surface area contributed by atoms with E-state index in [0.717, 1.165) is 0 Å². The van der Waals surface area contributed by atoms with E-state index in [1.54, 1.807) is 6.92 Å². The van der Waals surface area contributed by atoms with Crippen LogP contribution in [0.1, 0.15) is 40.5 Å². The van der Waals surface area contributed by atoms with Gasteiger partial charge in [-0.3, -0.25) is 0 Å². The summed E-state index contributed by atoms with van der Waals surface area (Å²) < 4.78 is 0. The Morgan fingerprint density at radius 2 is 1.46 bits per heavy atom. The molecule has 0 aliphatic heterocycles. The van der Waals surface area contributed by atoms with Crippen LogP contribution in [0.4, 0.5) is 0 Å². The van der Waals surface area contributed by atoms with E-state index in [4.69, 9.17) is 15.3 Å². The molecule has 3 heteroatoms. The minimum atomic E-state index is -2.45. The molecule has 0 fully saturated rings. The molecule has 3 N–H and O–H groups in total. The van der Waals surface area contributed by atoms with Gasteiger partial charge in [-0.2, -0.15) is 0 Å². The Morgan fingerprint density at radius 3 is 1.46 bits per heavy atom. The van der Waals surface area contributed by atoms with E-state index >= 15 is 0 Å². The molecule has 0 aromatic carbocycles. The molecule has 0 aromatic heterocycles. The van der Waals surface area contributed by atoms with Crippen molar-refractivity contribution in [1.82, 2.24) is 0 Å². The van der Waals surface area contributed by atoms with Gasteiger partial charge in [0.25, 0.3) is 5.97 Å². The molecule has 3 nitrogen and oxygen atoms in total. The first kappa shape index (κ1) is 15.1. The molecule has 0 heterocycles. The standard InChI is InChI=1S/C6H12.C4H10O3/c1-5-6(2,3)4;1-2-3-4(5,6)7/h5H,1H2,2-4H3;5-7H,2-3H2,1H3. The van der Waals surface area contributed by atoms with E-state index in [2.05, 4.69) is 27.4 Å². The zero-order valence-electron chi connectivity index (χ0n) is 9.04. The molecule has 80 valence electrons. The van der Waals surface area contributed by atoms with Gasteiger partial charge in [-0.15, -0.1) is 6.58 Å². The molecule has 0 saturated heterocycles. The van der Waals surface area contributed by atoms with Crippen molar-refractivity contribution in [2.45, 2.75) is 46.5 Å². The third-order valence-corrected chi connectivity index (χ3v) is 1.20. The second-order valence-corrected chi connectivity index (χ2v) is 4.09. The number of rotatable bonds is 2. The summed E-state index contributed by atoms with van der Waals surface area (Å²) in [6, 6.07) is 0. The van der Waals surface area contributed by atoms with Crippen LogP contribution in [0.25, 0.3) is 0 Å². The van der Waals surface area contributed by atoms with E-state index < -0.39 is 5.97 Å². The lowest BCUT2D eigenvalue weighted by atomic mass is 9.98. The molecule has 0 radical (unpaired) electrons. The summed E-state index contributed by atoms with van der Waals surface area (Å²) in [6.07, 6.45) is 2.50. The van der Waals surface area contributed by atoms with Crippen molar-refractivity contribution in [2.75, 3.05) is 0 Å². The van der Waals surface area contributed by atoms with Crippen molar-refractivity contribution in [2.24, 2.45) is 5.41 Å². The quantitative estimate of drug-likeness (QED) is 0.458. The molecule has 13 heavy (non-hydrogen) atoms. The third-order valence-electron chi connectivity index (χ3n) is 1.20. The van der Waals surface area contributed by atoms with E-state index in [9.17, 15) is 0 Å². The Morgan fingerprint density at radius 1 is 1.15 bits per heavy atom. The summed E-state index contributed by atoms with van der Waals surface area (Å²) >= 11 is 0. The Bertz CT molecular complexity index is 128. The maximum atomic E-state index is 8.13. The average molecular weight is 190 g/mol. The Balaban J connectivity index is 0. The smallest absolute Gasteiger partial charge is 0.275 e. The normalized spacial score (nSPS) is 11.6. The molecule has 0 rings (SSSR count). The lowest BCUT2D eigenvalue weighted by Gasteiger charge is -2.10. The van der Waals surface area contributed by atoms with Crippen LogP contribution in [0, 0.1) is 5.41 Å². The number of hydrogen-bond donors (Lipinski definition) is 3. The predicted octanol–water partition coefficient (Wildman–Crippen LogP) is 1.64. The highest BCUT2D eigenvalue weighted by Crippen LogP contribution is 2.11. The van der Waals surface area contributed by atoms with Crippen molar-refractivity contribution in [3.05, 3.63) is 12.7 Å². The van der Waals surface area contributed by atoms with Crippen molar-refractivity contribution in [1.29, 1.82) is 0 Å². The first-order valence-electron chi connectivity index (χ1n) is 4.43. The molecule has 0 aliphatic rings. The fraction of sp³-hybridized carbons (Fsp3) is 0.800. The summed E-state index contributed by atoms with van der Waals surface area (Å²) in [4.78, 5) is 0. The van der Waals surface area contributed by atoms with Gasteiger partial charge in [-0.1, -0.05) is 33.8 Å². The Hall–Kier alpha value is -0.380. The van der Waals surface area contributed by atoms with Crippen molar-refractivity contribution >= 4 is 0 Å². The highest BCUT2D eigenvalue weighted by Gasteiger charge is 2.14. The third kappa shape index (κ3) is 24.5. The van der Waals surface area contributed by atoms with Crippen LogP contribution < -0.4 is 0 Å². The fourth-order valence-electron chi connectivity index (χ4n) is 0.335. The molecule has 0 amide bonds. The molecule has 0 aliphatic carbocycles. The SMILES string of the molecule is C=CC(C)(C)C.CCCC(O)(O)O. The highest BCUT2D eigenvalue weighted by molar-refractivity contribution is 4.82. The van der Waals surface area contributed by atoms with Gasteiger partial charge in [0.1, 0.15) is 0 Å². The zero-order valence-corrected chi connectivity index (χ0v) is 9.04. The number of hydrogen-bond acceptors (Lipinski definition) is 3. The van der Waals surface area contributed by atoms with Crippen LogP contribution in [0.15, 0.2) is 12.7 Å². The fourth-order valence-corrected chi connectivity index (χ4v) is 0.335. The molecular formula is C10H22O3. The Labute approximate surface area is 80.7 Å². The molecule has 0 spiro atoms. The van der Waals surface area contributed by atoms with Crippen molar-refractivity contribution in [3.63, 3.8) is 0 Å². The molecule has 0 unspecified atom stereocenters. The maximum Gasteiger partial charge on any atom is 0.275 e. The second-order valence-electron chi connectivity index (χ2n) is 4.09. The van der Waals surface area contributed by atoms with Crippen LogP contribution in [0.3, 0.4) is 0 Å². The van der Waals surface area contributed by atoms with Gasteiger partial charge in [0.15, 0.2) is 0 Å². The highest BCUT2D eigenvalue weighted by atomic mass is 16.7. The van der Waals surface area contributed by atoms with Crippen LogP contribution in [-0.2, 0) is 0 Å². The van der Waals surface area contributed by atoms with Crippen molar-refractivity contribution in [3.8, 4) is 0 Å². The van der Waals surface area contributed by atoms with E-state index in [1.807, 2.05) is 6.08 Å². The second kappa shape index (κ2) is 6.13. The first-order chi connectivity index (χ1) is 5.62. The van der Waals surface area contributed by atoms with Crippen LogP contribution in [-0.4, -0.2) is 21.3 Å². The molecule has 0 bridgehead atoms. The largest absolute Gasteiger partial charge is 0.344 e.